The van der Waals surface area contributed by atoms with Crippen LogP contribution in [0.2, 0.25) is 0 Å². The molecule has 0 unspecified atom stereocenters. The van der Waals surface area contributed by atoms with Crippen molar-refractivity contribution in [2.24, 2.45) is 0 Å². The minimum absolute atomic E-state index is 0.145. The Kier molecular flexibility index (Phi) is 9.13. The number of hydrogen-bond donors (Lipinski definition) is 0. The smallest absolute Gasteiger partial charge is 0.233 e. The van der Waals surface area contributed by atoms with Gasteiger partial charge in [-0.15, -0.1) is 0 Å². The lowest BCUT2D eigenvalue weighted by Gasteiger charge is -2.30. The molecule has 0 fully saturated rings. The van der Waals surface area contributed by atoms with Crippen LogP contribution in [0.5, 0.6) is 5.88 Å². The van der Waals surface area contributed by atoms with Gasteiger partial charge in [-0.2, -0.15) is 0 Å². The maximum atomic E-state index is 6.54. The van der Waals surface area contributed by atoms with Gasteiger partial charge in [-0.25, -0.2) is 9.97 Å². The van der Waals surface area contributed by atoms with E-state index < -0.39 is 0 Å². The van der Waals surface area contributed by atoms with Crippen LogP contribution in [0.25, 0.3) is 22.5 Å². The number of halogens is 2. The van der Waals surface area contributed by atoms with E-state index in [0.717, 1.165) is 36.9 Å². The SMILES string of the molecule is C[C@@H]([C@@H](Oc1cnc(-c2ccc(CI)cc2)c(-c2ccc(CI)cc2)n1)c1ccccc1)N(C)C. The van der Waals surface area contributed by atoms with Crippen LogP contribution >= 0.6 is 45.2 Å². The van der Waals surface area contributed by atoms with Gasteiger partial charge in [0.05, 0.1) is 11.9 Å². The fraction of sp³-hybridized carbons (Fsp3) is 0.241. The first-order valence-corrected chi connectivity index (χ1v) is 14.6. The summed E-state index contributed by atoms with van der Waals surface area (Å²) in [6.45, 7) is 2.16. The van der Waals surface area contributed by atoms with Crippen LogP contribution in [-0.4, -0.2) is 35.0 Å². The molecule has 180 valence electrons. The van der Waals surface area contributed by atoms with Crippen molar-refractivity contribution in [2.45, 2.75) is 27.9 Å². The number of rotatable bonds is 9. The molecule has 0 aliphatic heterocycles. The maximum absolute atomic E-state index is 6.54. The highest BCUT2D eigenvalue weighted by Crippen LogP contribution is 2.33. The van der Waals surface area contributed by atoms with Gasteiger partial charge < -0.3 is 9.64 Å². The number of likely N-dealkylation sites (N-methyl/N-ethyl adjacent to an activating group) is 1. The summed E-state index contributed by atoms with van der Waals surface area (Å²) < 4.78 is 8.49. The van der Waals surface area contributed by atoms with Gasteiger partial charge >= 0.3 is 0 Å². The van der Waals surface area contributed by atoms with Gasteiger partial charge in [0.2, 0.25) is 5.88 Å². The van der Waals surface area contributed by atoms with E-state index in [-0.39, 0.29) is 12.1 Å². The summed E-state index contributed by atoms with van der Waals surface area (Å²) in [5.74, 6) is 0.521. The van der Waals surface area contributed by atoms with Crippen molar-refractivity contribution in [3.63, 3.8) is 0 Å². The van der Waals surface area contributed by atoms with Crippen LogP contribution in [0.1, 0.15) is 29.7 Å². The van der Waals surface area contributed by atoms with E-state index >= 15 is 0 Å². The Morgan fingerprint density at radius 2 is 1.31 bits per heavy atom. The van der Waals surface area contributed by atoms with Crippen LogP contribution < -0.4 is 4.74 Å². The Hall–Kier alpha value is -2.04. The lowest BCUT2D eigenvalue weighted by molar-refractivity contribution is 0.102. The van der Waals surface area contributed by atoms with Crippen molar-refractivity contribution >= 4 is 45.2 Å². The summed E-state index contributed by atoms with van der Waals surface area (Å²) in [6.07, 6.45) is 1.58. The van der Waals surface area contributed by atoms with E-state index in [1.54, 1.807) is 6.20 Å². The first-order chi connectivity index (χ1) is 17.0. The Morgan fingerprint density at radius 3 is 1.83 bits per heavy atom. The standard InChI is InChI=1S/C29H29I2N3O/c1-20(34(2)3)29(25-7-5-4-6-8-25)35-26-19-32-27(23-13-9-21(17-30)10-14-23)28(33-26)24-15-11-22(18-31)12-16-24/h4-16,19-20,29H,17-18H2,1-3H3/t20-,29+/m0/s1. The van der Waals surface area contributed by atoms with Crippen LogP contribution in [0, 0.1) is 0 Å². The summed E-state index contributed by atoms with van der Waals surface area (Å²) in [6, 6.07) is 27.6. The summed E-state index contributed by atoms with van der Waals surface area (Å²) in [7, 11) is 4.14. The van der Waals surface area contributed by atoms with Crippen molar-refractivity contribution in [1.29, 1.82) is 0 Å². The number of ether oxygens (including phenoxy) is 1. The van der Waals surface area contributed by atoms with Gasteiger partial charge in [0.25, 0.3) is 0 Å². The second-order valence-corrected chi connectivity index (χ2v) is 10.2. The zero-order valence-corrected chi connectivity index (χ0v) is 24.5. The van der Waals surface area contributed by atoms with Crippen molar-refractivity contribution < 1.29 is 4.74 Å². The number of nitrogens with zero attached hydrogens (tertiary/aromatic N) is 3. The lowest BCUT2D eigenvalue weighted by atomic mass is 10.0. The molecule has 0 saturated heterocycles. The van der Waals surface area contributed by atoms with E-state index in [4.69, 9.17) is 14.7 Å². The maximum Gasteiger partial charge on any atom is 0.233 e. The molecule has 4 rings (SSSR count). The highest BCUT2D eigenvalue weighted by atomic mass is 127. The first-order valence-electron chi connectivity index (χ1n) is 11.6. The van der Waals surface area contributed by atoms with Gasteiger partial charge in [-0.3, -0.25) is 0 Å². The molecule has 3 aromatic carbocycles. The quantitative estimate of drug-likeness (QED) is 0.133. The van der Waals surface area contributed by atoms with Crippen molar-refractivity contribution in [2.75, 3.05) is 14.1 Å². The molecule has 35 heavy (non-hydrogen) atoms. The monoisotopic (exact) mass is 689 g/mol. The third kappa shape index (κ3) is 6.40. The Morgan fingerprint density at radius 1 is 0.771 bits per heavy atom. The van der Waals surface area contributed by atoms with E-state index in [9.17, 15) is 0 Å². The number of alkyl halides is 2. The molecule has 0 amide bonds. The molecule has 0 saturated carbocycles. The number of hydrogen-bond acceptors (Lipinski definition) is 4. The third-order valence-corrected chi connectivity index (χ3v) is 7.90. The zero-order valence-electron chi connectivity index (χ0n) is 20.2. The Labute approximate surface area is 235 Å². The van der Waals surface area contributed by atoms with Crippen LogP contribution in [0.4, 0.5) is 0 Å². The van der Waals surface area contributed by atoms with E-state index in [2.05, 4.69) is 132 Å². The van der Waals surface area contributed by atoms with Crippen LogP contribution in [0.15, 0.2) is 85.1 Å². The Balaban J connectivity index is 1.77. The molecule has 0 aliphatic rings. The highest BCUT2D eigenvalue weighted by Gasteiger charge is 2.24. The molecule has 2 atom stereocenters. The molecule has 0 spiro atoms. The van der Waals surface area contributed by atoms with Crippen molar-refractivity contribution in [1.82, 2.24) is 14.9 Å². The fourth-order valence-electron chi connectivity index (χ4n) is 3.83. The summed E-state index contributed by atoms with van der Waals surface area (Å²) in [5.41, 5.74) is 7.45. The van der Waals surface area contributed by atoms with Crippen LogP contribution in [0.3, 0.4) is 0 Å². The summed E-state index contributed by atoms with van der Waals surface area (Å²) in [5, 5.41) is 0. The third-order valence-electron chi connectivity index (χ3n) is 6.14. The first kappa shape index (κ1) is 26.0. The van der Waals surface area contributed by atoms with Gasteiger partial charge in [0, 0.05) is 26.0 Å². The topological polar surface area (TPSA) is 38.3 Å². The van der Waals surface area contributed by atoms with Gasteiger partial charge in [0.1, 0.15) is 11.8 Å². The van der Waals surface area contributed by atoms with Gasteiger partial charge in [-0.1, -0.05) is 124 Å². The number of aromatic nitrogens is 2. The lowest BCUT2D eigenvalue weighted by Crippen LogP contribution is -2.34. The molecule has 0 N–H and O–H groups in total. The normalized spacial score (nSPS) is 13.0. The second kappa shape index (κ2) is 12.3. The molecule has 1 heterocycles. The molecule has 0 radical (unpaired) electrons. The largest absolute Gasteiger partial charge is 0.467 e. The minimum atomic E-state index is -0.177. The average molecular weight is 689 g/mol. The van der Waals surface area contributed by atoms with Gasteiger partial charge in [-0.05, 0) is 37.7 Å². The summed E-state index contributed by atoms with van der Waals surface area (Å²) in [4.78, 5) is 12.1. The average Bonchev–Trinajstić information content (AvgIpc) is 2.92. The van der Waals surface area contributed by atoms with Crippen molar-refractivity contribution in [3.8, 4) is 28.4 Å². The molecule has 4 nitrogen and oxygen atoms in total. The fourth-order valence-corrected chi connectivity index (χ4v) is 4.85. The van der Waals surface area contributed by atoms with E-state index in [1.165, 1.54) is 11.1 Å². The van der Waals surface area contributed by atoms with E-state index in [1.807, 2.05) is 18.2 Å². The second-order valence-electron chi connectivity index (χ2n) is 8.72. The molecule has 4 aromatic rings. The molecule has 0 aliphatic carbocycles. The molecular formula is C29H29I2N3O. The summed E-state index contributed by atoms with van der Waals surface area (Å²) >= 11 is 4.77. The molecule has 1 aromatic heterocycles. The zero-order chi connectivity index (χ0) is 24.8. The predicted octanol–water partition coefficient (Wildman–Crippen LogP) is 7.75. The molecule has 6 heteroatoms. The van der Waals surface area contributed by atoms with E-state index in [0.29, 0.717) is 5.88 Å². The van der Waals surface area contributed by atoms with Crippen molar-refractivity contribution in [3.05, 3.63) is 102 Å². The Bertz CT molecular complexity index is 1230. The minimum Gasteiger partial charge on any atom is -0.467 e. The number of benzene rings is 3. The molecule has 0 bridgehead atoms. The molecular weight excluding hydrogens is 660 g/mol. The van der Waals surface area contributed by atoms with Crippen LogP contribution in [-0.2, 0) is 8.86 Å². The highest BCUT2D eigenvalue weighted by molar-refractivity contribution is 14.1. The van der Waals surface area contributed by atoms with Gasteiger partial charge in [0.15, 0.2) is 0 Å². The predicted molar refractivity (Wildman–Crippen MR) is 161 cm³/mol.